The zero-order valence-corrected chi connectivity index (χ0v) is 20.2. The Labute approximate surface area is 192 Å². The molecule has 0 aromatic heterocycles. The molecule has 3 N–H and O–H groups in total. The quantitative estimate of drug-likeness (QED) is 0.437. The lowest BCUT2D eigenvalue weighted by atomic mass is 9.60. The molecule has 0 saturated heterocycles. The van der Waals surface area contributed by atoms with Crippen molar-refractivity contribution in [1.82, 2.24) is 0 Å². The maximum atomic E-state index is 14.3. The minimum atomic E-state index is -3.08. The van der Waals surface area contributed by atoms with E-state index in [4.69, 9.17) is 0 Å². The summed E-state index contributed by atoms with van der Waals surface area (Å²) in [7, 11) is 0. The first-order chi connectivity index (χ1) is 14.8. The van der Waals surface area contributed by atoms with Crippen molar-refractivity contribution >= 4 is 0 Å². The van der Waals surface area contributed by atoms with Crippen LogP contribution in [0.15, 0.2) is 35.5 Å². The second kappa shape index (κ2) is 9.31. The van der Waals surface area contributed by atoms with E-state index in [1.54, 1.807) is 0 Å². The molecule has 3 rings (SSSR count). The molecule has 0 amide bonds. The molecular weight excluding hydrogens is 410 g/mol. The molecule has 0 radical (unpaired) electrons. The van der Waals surface area contributed by atoms with Gasteiger partial charge in [-0.25, -0.2) is 8.78 Å². The lowest BCUT2D eigenvalue weighted by Gasteiger charge is -2.44. The summed E-state index contributed by atoms with van der Waals surface area (Å²) in [5.41, 5.74) is 1.11. The number of hydrogen-bond acceptors (Lipinski definition) is 3. The molecule has 182 valence electrons. The molecular formula is C27H42F2O3. The molecule has 3 nitrogen and oxygen atoms in total. The van der Waals surface area contributed by atoms with Gasteiger partial charge in [-0.3, -0.25) is 0 Å². The molecule has 3 saturated carbocycles. The Morgan fingerprint density at radius 1 is 1.16 bits per heavy atom. The van der Waals surface area contributed by atoms with Gasteiger partial charge in [0.2, 0.25) is 0 Å². The van der Waals surface area contributed by atoms with Crippen LogP contribution in [0.5, 0.6) is 0 Å². The van der Waals surface area contributed by atoms with Crippen LogP contribution < -0.4 is 0 Å². The van der Waals surface area contributed by atoms with Gasteiger partial charge in [0.05, 0.1) is 12.2 Å². The molecule has 5 heteroatoms. The number of alkyl halides is 2. The van der Waals surface area contributed by atoms with Crippen molar-refractivity contribution in [3.8, 4) is 0 Å². The van der Waals surface area contributed by atoms with Gasteiger partial charge in [-0.2, -0.15) is 0 Å². The standard InChI is InChI=1S/C27H42F2O3/c1-17(12-14-27(28,29)25(3,4)32)21-10-11-22-20(7-6-13-26(21,22)5)9-8-19-15-23(30)18(2)24(31)16-19/h8-9,17,21-24,30-32H,2,6-7,10-16H2,1,3-5H3/b20-9+/t17-,21+,22-,23+,24+,26+/m0/s1. The monoisotopic (exact) mass is 452 g/mol. The zero-order chi connectivity index (χ0) is 23.9. The average molecular weight is 453 g/mol. The van der Waals surface area contributed by atoms with Crippen LogP contribution >= 0.6 is 0 Å². The Balaban J connectivity index is 1.70. The van der Waals surface area contributed by atoms with Gasteiger partial charge in [-0.1, -0.05) is 43.7 Å². The van der Waals surface area contributed by atoms with E-state index in [2.05, 4.69) is 32.6 Å². The maximum absolute atomic E-state index is 14.3. The molecule has 0 aromatic carbocycles. The van der Waals surface area contributed by atoms with E-state index in [0.29, 0.717) is 36.7 Å². The fourth-order valence-electron chi connectivity index (χ4n) is 6.56. The normalized spacial score (nSPS) is 36.3. The highest BCUT2D eigenvalue weighted by Crippen LogP contribution is 2.60. The summed E-state index contributed by atoms with van der Waals surface area (Å²) in [6.45, 7) is 10.6. The fraction of sp³-hybridized carbons (Fsp3) is 0.778. The summed E-state index contributed by atoms with van der Waals surface area (Å²) < 4.78 is 28.6. The second-order valence-electron chi connectivity index (χ2n) is 11.5. The third kappa shape index (κ3) is 5.05. The molecule has 3 aliphatic rings. The Bertz CT molecular complexity index is 747. The topological polar surface area (TPSA) is 60.7 Å². The largest absolute Gasteiger partial charge is 0.388 e. The van der Waals surface area contributed by atoms with Gasteiger partial charge in [0.1, 0.15) is 5.60 Å². The molecule has 0 bridgehead atoms. The number of rotatable bonds is 6. The Kier molecular flexibility index (Phi) is 7.44. The predicted molar refractivity (Wildman–Crippen MR) is 124 cm³/mol. The van der Waals surface area contributed by atoms with E-state index < -0.39 is 23.7 Å². The van der Waals surface area contributed by atoms with Crippen LogP contribution in [0.1, 0.15) is 85.5 Å². The minimum Gasteiger partial charge on any atom is -0.388 e. The minimum absolute atomic E-state index is 0.117. The molecule has 0 heterocycles. The van der Waals surface area contributed by atoms with E-state index in [9.17, 15) is 24.1 Å². The van der Waals surface area contributed by atoms with E-state index >= 15 is 0 Å². The second-order valence-corrected chi connectivity index (χ2v) is 11.5. The summed E-state index contributed by atoms with van der Waals surface area (Å²) in [6.07, 6.45) is 9.55. The van der Waals surface area contributed by atoms with Gasteiger partial charge < -0.3 is 15.3 Å². The molecule has 6 atom stereocenters. The first-order valence-electron chi connectivity index (χ1n) is 12.3. The van der Waals surface area contributed by atoms with E-state index in [1.165, 1.54) is 19.4 Å². The number of fused-ring (bicyclic) bond motifs is 1. The SMILES string of the molecule is C=C1[C@H](O)CC(=C/C=C2\CCC[C@]3(C)[C@@H]([C@@H](C)CCC(F)(F)C(C)(C)O)CC[C@@H]23)C[C@H]1O. The number of hydrogen-bond donors (Lipinski definition) is 3. The van der Waals surface area contributed by atoms with Gasteiger partial charge in [0.25, 0.3) is 5.92 Å². The van der Waals surface area contributed by atoms with Crippen LogP contribution in [0, 0.1) is 23.2 Å². The van der Waals surface area contributed by atoms with E-state index in [-0.39, 0.29) is 17.8 Å². The molecule has 0 aliphatic heterocycles. The van der Waals surface area contributed by atoms with Crippen LogP contribution in [0.25, 0.3) is 0 Å². The third-order valence-corrected chi connectivity index (χ3v) is 8.83. The van der Waals surface area contributed by atoms with E-state index in [0.717, 1.165) is 37.7 Å². The van der Waals surface area contributed by atoms with Gasteiger partial charge in [0.15, 0.2) is 0 Å². The highest BCUT2D eigenvalue weighted by molar-refractivity contribution is 5.29. The first-order valence-corrected chi connectivity index (χ1v) is 12.3. The molecule has 3 fully saturated rings. The van der Waals surface area contributed by atoms with Crippen molar-refractivity contribution in [2.45, 2.75) is 109 Å². The van der Waals surface area contributed by atoms with Gasteiger partial charge in [0, 0.05) is 6.42 Å². The predicted octanol–water partition coefficient (Wildman–Crippen LogP) is 5.95. The highest BCUT2D eigenvalue weighted by atomic mass is 19.3. The zero-order valence-electron chi connectivity index (χ0n) is 20.2. The van der Waals surface area contributed by atoms with Crippen molar-refractivity contribution in [3.63, 3.8) is 0 Å². The molecule has 3 aliphatic carbocycles. The summed E-state index contributed by atoms with van der Waals surface area (Å²) in [5, 5.41) is 30.0. The Morgan fingerprint density at radius 3 is 2.38 bits per heavy atom. The number of aliphatic hydroxyl groups is 3. The van der Waals surface area contributed by atoms with E-state index in [1.807, 2.05) is 0 Å². The van der Waals surface area contributed by atoms with Crippen molar-refractivity contribution < 1.29 is 24.1 Å². The van der Waals surface area contributed by atoms with Crippen LogP contribution in [-0.4, -0.2) is 39.1 Å². The Hall–Kier alpha value is -1.04. The third-order valence-electron chi connectivity index (χ3n) is 8.83. The summed E-state index contributed by atoms with van der Waals surface area (Å²) in [4.78, 5) is 0. The van der Waals surface area contributed by atoms with Gasteiger partial charge in [-0.05, 0) is 94.0 Å². The van der Waals surface area contributed by atoms with Crippen molar-refractivity contribution in [2.75, 3.05) is 0 Å². The number of halogens is 2. The lowest BCUT2D eigenvalue weighted by molar-refractivity contribution is -0.168. The van der Waals surface area contributed by atoms with Crippen LogP contribution in [0.4, 0.5) is 8.78 Å². The molecule has 0 unspecified atom stereocenters. The van der Waals surface area contributed by atoms with Crippen LogP contribution in [-0.2, 0) is 0 Å². The summed E-state index contributed by atoms with van der Waals surface area (Å²) in [5.74, 6) is -2.03. The van der Waals surface area contributed by atoms with Gasteiger partial charge >= 0.3 is 0 Å². The van der Waals surface area contributed by atoms with Crippen molar-refractivity contribution in [3.05, 3.63) is 35.5 Å². The van der Waals surface area contributed by atoms with Crippen molar-refractivity contribution in [2.24, 2.45) is 23.2 Å². The first kappa shape index (κ1) is 25.6. The van der Waals surface area contributed by atoms with Crippen molar-refractivity contribution in [1.29, 1.82) is 0 Å². The molecule has 0 spiro atoms. The number of aliphatic hydroxyl groups excluding tert-OH is 2. The van der Waals surface area contributed by atoms with Gasteiger partial charge in [-0.15, -0.1) is 0 Å². The maximum Gasteiger partial charge on any atom is 0.275 e. The Morgan fingerprint density at radius 2 is 1.78 bits per heavy atom. The average Bonchev–Trinajstić information content (AvgIpc) is 3.05. The highest BCUT2D eigenvalue weighted by Gasteiger charge is 2.51. The summed E-state index contributed by atoms with van der Waals surface area (Å²) in [6, 6.07) is 0. The smallest absolute Gasteiger partial charge is 0.275 e. The molecule has 32 heavy (non-hydrogen) atoms. The lowest BCUT2D eigenvalue weighted by Crippen LogP contribution is -2.43. The summed E-state index contributed by atoms with van der Waals surface area (Å²) >= 11 is 0. The van der Waals surface area contributed by atoms with Crippen LogP contribution in [0.2, 0.25) is 0 Å². The van der Waals surface area contributed by atoms with Crippen LogP contribution in [0.3, 0.4) is 0 Å². The number of allylic oxidation sites excluding steroid dienone is 3. The molecule has 0 aromatic rings. The fourth-order valence-corrected chi connectivity index (χ4v) is 6.56.